The van der Waals surface area contributed by atoms with Gasteiger partial charge in [0.15, 0.2) is 0 Å². The van der Waals surface area contributed by atoms with Crippen LogP contribution in [0.25, 0.3) is 0 Å². The number of nitrogens with zero attached hydrogens (tertiary/aromatic N) is 2. The van der Waals surface area contributed by atoms with Crippen LogP contribution in [-0.2, 0) is 0 Å². The highest BCUT2D eigenvalue weighted by molar-refractivity contribution is 6.35. The maximum Gasteiger partial charge on any atom is 0.252 e. The lowest BCUT2D eigenvalue weighted by molar-refractivity contribution is 0.0945. The molecular formula is C14H8Cl3N3O. The van der Waals surface area contributed by atoms with Gasteiger partial charge in [0.25, 0.3) is 5.91 Å². The van der Waals surface area contributed by atoms with E-state index in [0.717, 1.165) is 0 Å². The number of hydrogen-bond acceptors (Lipinski definition) is 3. The Morgan fingerprint density at radius 3 is 2.33 bits per heavy atom. The molecule has 0 aliphatic rings. The van der Waals surface area contributed by atoms with Gasteiger partial charge in [0.05, 0.1) is 11.1 Å². The normalized spacial score (nSPS) is 11.5. The van der Waals surface area contributed by atoms with Crippen molar-refractivity contribution in [2.45, 2.75) is 6.04 Å². The summed E-state index contributed by atoms with van der Waals surface area (Å²) >= 11 is 17.5. The monoisotopic (exact) mass is 339 g/mol. The first kappa shape index (κ1) is 15.6. The predicted octanol–water partition coefficient (Wildman–Crippen LogP) is 4.04. The molecule has 1 heterocycles. The summed E-state index contributed by atoms with van der Waals surface area (Å²) in [6.45, 7) is 0. The van der Waals surface area contributed by atoms with Crippen molar-refractivity contribution < 1.29 is 4.79 Å². The highest BCUT2D eigenvalue weighted by Gasteiger charge is 2.16. The first-order chi connectivity index (χ1) is 9.99. The van der Waals surface area contributed by atoms with Crippen molar-refractivity contribution in [2.75, 3.05) is 0 Å². The molecule has 0 aliphatic heterocycles. The molecule has 1 aromatic carbocycles. The van der Waals surface area contributed by atoms with Crippen molar-refractivity contribution in [2.24, 2.45) is 0 Å². The van der Waals surface area contributed by atoms with Gasteiger partial charge in [-0.3, -0.25) is 9.78 Å². The van der Waals surface area contributed by atoms with Gasteiger partial charge in [-0.15, -0.1) is 0 Å². The molecular weight excluding hydrogens is 333 g/mol. The van der Waals surface area contributed by atoms with Crippen LogP contribution < -0.4 is 5.32 Å². The second-order valence-electron chi connectivity index (χ2n) is 4.13. The molecule has 0 fully saturated rings. The van der Waals surface area contributed by atoms with Gasteiger partial charge in [-0.2, -0.15) is 5.26 Å². The fraction of sp³-hybridized carbons (Fsp3) is 0.0714. The van der Waals surface area contributed by atoms with Crippen LogP contribution in [-0.4, -0.2) is 10.9 Å². The maximum atomic E-state index is 12.1. The summed E-state index contributed by atoms with van der Waals surface area (Å²) in [5.74, 6) is -0.467. The Morgan fingerprint density at radius 2 is 1.76 bits per heavy atom. The van der Waals surface area contributed by atoms with Gasteiger partial charge in [-0.25, -0.2) is 0 Å². The van der Waals surface area contributed by atoms with Gasteiger partial charge in [0.2, 0.25) is 0 Å². The molecule has 0 aliphatic carbocycles. The number of carbonyl (C=O) groups is 1. The number of pyridine rings is 1. The highest BCUT2D eigenvalue weighted by Crippen LogP contribution is 2.20. The summed E-state index contributed by atoms with van der Waals surface area (Å²) in [4.78, 5) is 16.0. The average molecular weight is 341 g/mol. The van der Waals surface area contributed by atoms with Crippen LogP contribution >= 0.6 is 34.8 Å². The quantitative estimate of drug-likeness (QED) is 0.917. The van der Waals surface area contributed by atoms with Crippen molar-refractivity contribution in [3.8, 4) is 6.07 Å². The van der Waals surface area contributed by atoms with E-state index in [1.54, 1.807) is 6.07 Å². The Morgan fingerprint density at radius 1 is 1.10 bits per heavy atom. The van der Waals surface area contributed by atoms with Gasteiger partial charge in [0, 0.05) is 33.6 Å². The smallest absolute Gasteiger partial charge is 0.252 e. The molecule has 2 rings (SSSR count). The molecule has 1 N–H and O–H groups in total. The SMILES string of the molecule is N#CC(NC(=O)c1cc(Cl)cc(Cl)c1)c1cncc(Cl)c1. The predicted molar refractivity (Wildman–Crippen MR) is 81.5 cm³/mol. The van der Waals surface area contributed by atoms with Gasteiger partial charge in [0.1, 0.15) is 6.04 Å². The van der Waals surface area contributed by atoms with Crippen molar-refractivity contribution in [3.05, 3.63) is 62.9 Å². The Labute approximate surface area is 136 Å². The molecule has 0 saturated heterocycles. The number of carbonyl (C=O) groups excluding carboxylic acids is 1. The van der Waals surface area contributed by atoms with E-state index >= 15 is 0 Å². The topological polar surface area (TPSA) is 65.8 Å². The molecule has 0 bridgehead atoms. The fourth-order valence-electron chi connectivity index (χ4n) is 1.68. The molecule has 1 atom stereocenters. The molecule has 1 unspecified atom stereocenters. The second-order valence-corrected chi connectivity index (χ2v) is 5.44. The van der Waals surface area contributed by atoms with E-state index in [1.165, 1.54) is 30.6 Å². The van der Waals surface area contributed by atoms with Crippen LogP contribution in [0.4, 0.5) is 0 Å². The summed E-state index contributed by atoms with van der Waals surface area (Å²) in [6, 6.07) is 7.12. The zero-order valence-corrected chi connectivity index (χ0v) is 12.7. The second kappa shape index (κ2) is 6.77. The minimum absolute atomic E-state index is 0.266. The zero-order chi connectivity index (χ0) is 15.4. The molecule has 2 aromatic rings. The van der Waals surface area contributed by atoms with E-state index in [0.29, 0.717) is 20.6 Å². The number of amides is 1. The molecule has 0 spiro atoms. The largest absolute Gasteiger partial charge is 0.332 e. The first-order valence-corrected chi connectivity index (χ1v) is 6.90. The van der Waals surface area contributed by atoms with Crippen LogP contribution in [0.3, 0.4) is 0 Å². The van der Waals surface area contributed by atoms with E-state index in [-0.39, 0.29) is 5.56 Å². The van der Waals surface area contributed by atoms with E-state index in [1.807, 2.05) is 6.07 Å². The van der Waals surface area contributed by atoms with Gasteiger partial charge < -0.3 is 5.32 Å². The standard InChI is InChI=1S/C14H8Cl3N3O/c15-10-1-8(2-11(16)4-10)14(21)20-13(5-18)9-3-12(17)7-19-6-9/h1-4,6-7,13H,(H,20,21). The van der Waals surface area contributed by atoms with E-state index < -0.39 is 11.9 Å². The summed E-state index contributed by atoms with van der Waals surface area (Å²) in [5.41, 5.74) is 0.759. The van der Waals surface area contributed by atoms with Crippen LogP contribution in [0.5, 0.6) is 0 Å². The molecule has 1 aromatic heterocycles. The molecule has 21 heavy (non-hydrogen) atoms. The van der Waals surface area contributed by atoms with E-state index in [2.05, 4.69) is 10.3 Å². The summed E-state index contributed by atoms with van der Waals surface area (Å²) < 4.78 is 0. The van der Waals surface area contributed by atoms with Crippen molar-refractivity contribution in [1.82, 2.24) is 10.3 Å². The van der Waals surface area contributed by atoms with Gasteiger partial charge >= 0.3 is 0 Å². The third-order valence-corrected chi connectivity index (χ3v) is 3.23. The molecule has 7 heteroatoms. The number of rotatable bonds is 3. The Kier molecular flexibility index (Phi) is 5.03. The highest BCUT2D eigenvalue weighted by atomic mass is 35.5. The third-order valence-electron chi connectivity index (χ3n) is 2.59. The number of halogens is 3. The van der Waals surface area contributed by atoms with E-state index in [4.69, 9.17) is 34.8 Å². The van der Waals surface area contributed by atoms with Crippen molar-refractivity contribution in [3.63, 3.8) is 0 Å². The molecule has 1 amide bonds. The van der Waals surface area contributed by atoms with Crippen LogP contribution in [0.2, 0.25) is 15.1 Å². The Balaban J connectivity index is 2.23. The average Bonchev–Trinajstić information content (AvgIpc) is 2.43. The zero-order valence-electron chi connectivity index (χ0n) is 10.5. The van der Waals surface area contributed by atoms with Crippen LogP contribution in [0, 0.1) is 11.3 Å². The van der Waals surface area contributed by atoms with Gasteiger partial charge in [-0.05, 0) is 24.3 Å². The molecule has 0 saturated carbocycles. The van der Waals surface area contributed by atoms with Crippen molar-refractivity contribution in [1.29, 1.82) is 5.26 Å². The van der Waals surface area contributed by atoms with Crippen LogP contribution in [0.15, 0.2) is 36.7 Å². The number of hydrogen-bond donors (Lipinski definition) is 1. The summed E-state index contributed by atoms with van der Waals surface area (Å²) in [6.07, 6.45) is 2.91. The Bertz CT molecular complexity index is 707. The lowest BCUT2D eigenvalue weighted by Gasteiger charge is -2.12. The molecule has 0 radical (unpaired) electrons. The minimum atomic E-state index is -0.874. The third kappa shape index (κ3) is 4.08. The van der Waals surface area contributed by atoms with Crippen molar-refractivity contribution >= 4 is 40.7 Å². The number of nitriles is 1. The minimum Gasteiger partial charge on any atom is -0.332 e. The summed E-state index contributed by atoms with van der Waals surface area (Å²) in [5, 5.41) is 12.8. The maximum absolute atomic E-state index is 12.1. The number of benzene rings is 1. The number of nitrogens with one attached hydrogen (secondary N) is 1. The van der Waals surface area contributed by atoms with Gasteiger partial charge in [-0.1, -0.05) is 34.8 Å². The summed E-state index contributed by atoms with van der Waals surface area (Å²) in [7, 11) is 0. The lowest BCUT2D eigenvalue weighted by atomic mass is 10.1. The lowest BCUT2D eigenvalue weighted by Crippen LogP contribution is -2.27. The first-order valence-electron chi connectivity index (χ1n) is 5.76. The van der Waals surface area contributed by atoms with Crippen LogP contribution in [0.1, 0.15) is 22.0 Å². The Hall–Kier alpha value is -1.80. The van der Waals surface area contributed by atoms with E-state index in [9.17, 15) is 10.1 Å². The number of aromatic nitrogens is 1. The molecule has 4 nitrogen and oxygen atoms in total. The molecule has 106 valence electrons. The fourth-order valence-corrected chi connectivity index (χ4v) is 2.38.